The minimum absolute atomic E-state index is 0.0951. The highest BCUT2D eigenvalue weighted by atomic mass is 19.3. The molecule has 24 heavy (non-hydrogen) atoms. The van der Waals surface area contributed by atoms with Gasteiger partial charge in [0.15, 0.2) is 11.5 Å². The van der Waals surface area contributed by atoms with E-state index < -0.39 is 6.61 Å². The number of carbonyl (C=O) groups is 1. The molecule has 128 valence electrons. The Bertz CT molecular complexity index is 704. The Labute approximate surface area is 139 Å². The number of benzene rings is 2. The van der Waals surface area contributed by atoms with Gasteiger partial charge in [-0.25, -0.2) is 0 Å². The summed E-state index contributed by atoms with van der Waals surface area (Å²) < 4.78 is 34.4. The second-order valence-corrected chi connectivity index (χ2v) is 5.08. The van der Waals surface area contributed by atoms with Crippen LogP contribution in [0.5, 0.6) is 11.5 Å². The van der Waals surface area contributed by atoms with Gasteiger partial charge >= 0.3 is 6.61 Å². The van der Waals surface area contributed by atoms with Crippen molar-refractivity contribution in [3.8, 4) is 11.5 Å². The number of carbonyl (C=O) groups excluding carboxylic acids is 1. The van der Waals surface area contributed by atoms with E-state index in [1.165, 1.54) is 18.2 Å². The third kappa shape index (κ3) is 4.68. The Morgan fingerprint density at radius 2 is 1.92 bits per heavy atom. The van der Waals surface area contributed by atoms with Crippen molar-refractivity contribution in [2.75, 3.05) is 6.61 Å². The molecule has 0 saturated carbocycles. The molecule has 0 spiro atoms. The van der Waals surface area contributed by atoms with Crippen LogP contribution in [0.1, 0.15) is 28.4 Å². The number of halogens is 2. The summed E-state index contributed by atoms with van der Waals surface area (Å²) in [5, 5.41) is 2.80. The molecule has 0 radical (unpaired) electrons. The van der Waals surface area contributed by atoms with Crippen molar-refractivity contribution in [3.63, 3.8) is 0 Å². The Morgan fingerprint density at radius 1 is 1.17 bits per heavy atom. The molecule has 2 aromatic rings. The summed E-state index contributed by atoms with van der Waals surface area (Å²) >= 11 is 0. The molecule has 1 N–H and O–H groups in total. The van der Waals surface area contributed by atoms with Crippen LogP contribution in [0.15, 0.2) is 42.5 Å². The summed E-state index contributed by atoms with van der Waals surface area (Å²) in [5.41, 5.74) is 2.40. The normalized spacial score (nSPS) is 10.5. The molecule has 1 amide bonds. The predicted molar refractivity (Wildman–Crippen MR) is 86.6 cm³/mol. The van der Waals surface area contributed by atoms with Crippen LogP contribution >= 0.6 is 0 Å². The van der Waals surface area contributed by atoms with Gasteiger partial charge in [-0.15, -0.1) is 0 Å². The van der Waals surface area contributed by atoms with Crippen LogP contribution in [0.3, 0.4) is 0 Å². The van der Waals surface area contributed by atoms with Crippen molar-refractivity contribution in [1.29, 1.82) is 0 Å². The first-order chi connectivity index (χ1) is 11.5. The second kappa shape index (κ2) is 8.29. The van der Waals surface area contributed by atoms with E-state index in [0.717, 1.165) is 11.1 Å². The maximum atomic E-state index is 12.4. The van der Waals surface area contributed by atoms with Gasteiger partial charge in [-0.3, -0.25) is 4.79 Å². The van der Waals surface area contributed by atoms with Crippen LogP contribution in [0.2, 0.25) is 0 Å². The molecule has 4 nitrogen and oxygen atoms in total. The third-order valence-corrected chi connectivity index (χ3v) is 3.42. The SMILES string of the molecule is CCOc1cc(C(=O)NCc2ccccc2C)ccc1OC(F)F. The fourth-order valence-corrected chi connectivity index (χ4v) is 2.20. The smallest absolute Gasteiger partial charge is 0.387 e. The Morgan fingerprint density at radius 3 is 2.58 bits per heavy atom. The number of amides is 1. The van der Waals surface area contributed by atoms with Crippen LogP contribution in [0, 0.1) is 6.92 Å². The summed E-state index contributed by atoms with van der Waals surface area (Å²) in [7, 11) is 0. The fourth-order valence-electron chi connectivity index (χ4n) is 2.20. The van der Waals surface area contributed by atoms with Crippen LogP contribution < -0.4 is 14.8 Å². The van der Waals surface area contributed by atoms with Crippen molar-refractivity contribution in [1.82, 2.24) is 5.32 Å². The summed E-state index contributed by atoms with van der Waals surface area (Å²) in [5.74, 6) is -0.300. The van der Waals surface area contributed by atoms with Crippen LogP contribution in [0.25, 0.3) is 0 Å². The molecule has 0 atom stereocenters. The molecule has 6 heteroatoms. The molecule has 0 aromatic heterocycles. The van der Waals surface area contributed by atoms with E-state index in [0.29, 0.717) is 12.1 Å². The molecule has 2 rings (SSSR count). The van der Waals surface area contributed by atoms with Gasteiger partial charge < -0.3 is 14.8 Å². The molecule has 0 fully saturated rings. The summed E-state index contributed by atoms with van der Waals surface area (Å²) in [6.45, 7) is 1.38. The largest absolute Gasteiger partial charge is 0.490 e. The van der Waals surface area contributed by atoms with Crippen molar-refractivity contribution >= 4 is 5.91 Å². The first-order valence-corrected chi connectivity index (χ1v) is 7.55. The number of rotatable bonds is 7. The van der Waals surface area contributed by atoms with Gasteiger partial charge in [-0.05, 0) is 43.2 Å². The molecule has 0 unspecified atom stereocenters. The standard InChI is InChI=1S/C18H19F2NO3/c1-3-23-16-10-13(8-9-15(16)24-18(19)20)17(22)21-11-14-7-5-4-6-12(14)2/h4-10,18H,3,11H2,1-2H3,(H,21,22). The number of hydrogen-bond acceptors (Lipinski definition) is 3. The van der Waals surface area contributed by atoms with Gasteiger partial charge in [-0.1, -0.05) is 24.3 Å². The van der Waals surface area contributed by atoms with Crippen molar-refractivity contribution in [3.05, 3.63) is 59.2 Å². The monoisotopic (exact) mass is 335 g/mol. The van der Waals surface area contributed by atoms with Crippen molar-refractivity contribution in [2.45, 2.75) is 27.0 Å². The summed E-state index contributed by atoms with van der Waals surface area (Å²) in [6.07, 6.45) is 0. The number of alkyl halides is 2. The van der Waals surface area contributed by atoms with Gasteiger partial charge in [-0.2, -0.15) is 8.78 Å². The van der Waals surface area contributed by atoms with Crippen molar-refractivity contribution in [2.24, 2.45) is 0 Å². The molecule has 0 heterocycles. The zero-order chi connectivity index (χ0) is 17.5. The van der Waals surface area contributed by atoms with Gasteiger partial charge in [0.05, 0.1) is 6.61 Å². The first kappa shape index (κ1) is 17.7. The first-order valence-electron chi connectivity index (χ1n) is 7.55. The zero-order valence-electron chi connectivity index (χ0n) is 13.5. The lowest BCUT2D eigenvalue weighted by Crippen LogP contribution is -2.23. The highest BCUT2D eigenvalue weighted by Crippen LogP contribution is 2.29. The molecular weight excluding hydrogens is 316 g/mol. The van der Waals surface area contributed by atoms with Crippen LogP contribution in [-0.2, 0) is 6.54 Å². The Balaban J connectivity index is 2.11. The Hall–Kier alpha value is -2.63. The van der Waals surface area contributed by atoms with E-state index in [2.05, 4.69) is 10.1 Å². The molecular formula is C18H19F2NO3. The second-order valence-electron chi connectivity index (χ2n) is 5.08. The van der Waals surface area contributed by atoms with Gasteiger partial charge in [0.2, 0.25) is 0 Å². The lowest BCUT2D eigenvalue weighted by atomic mass is 10.1. The predicted octanol–water partition coefficient (Wildman–Crippen LogP) is 3.93. The minimum atomic E-state index is -2.95. The number of nitrogens with one attached hydrogen (secondary N) is 1. The van der Waals surface area contributed by atoms with E-state index in [9.17, 15) is 13.6 Å². The van der Waals surface area contributed by atoms with Crippen molar-refractivity contribution < 1.29 is 23.0 Å². The van der Waals surface area contributed by atoms with Crippen LogP contribution in [0.4, 0.5) is 8.78 Å². The van der Waals surface area contributed by atoms with E-state index in [4.69, 9.17) is 4.74 Å². The highest BCUT2D eigenvalue weighted by Gasteiger charge is 2.14. The minimum Gasteiger partial charge on any atom is -0.490 e. The molecule has 0 aliphatic rings. The summed E-state index contributed by atoms with van der Waals surface area (Å²) in [6, 6.07) is 11.8. The average molecular weight is 335 g/mol. The lowest BCUT2D eigenvalue weighted by molar-refractivity contribution is -0.0514. The van der Waals surface area contributed by atoms with E-state index in [1.807, 2.05) is 31.2 Å². The fraction of sp³-hybridized carbons (Fsp3) is 0.278. The van der Waals surface area contributed by atoms with Gasteiger partial charge in [0.25, 0.3) is 5.91 Å². The molecule has 0 aliphatic heterocycles. The van der Waals surface area contributed by atoms with E-state index >= 15 is 0 Å². The molecule has 0 bridgehead atoms. The molecule has 0 saturated heterocycles. The van der Waals surface area contributed by atoms with Gasteiger partial charge in [0.1, 0.15) is 0 Å². The quantitative estimate of drug-likeness (QED) is 0.834. The van der Waals surface area contributed by atoms with E-state index in [-0.39, 0.29) is 24.0 Å². The topological polar surface area (TPSA) is 47.6 Å². The number of hydrogen-bond donors (Lipinski definition) is 1. The molecule has 2 aromatic carbocycles. The zero-order valence-corrected chi connectivity index (χ0v) is 13.5. The Kier molecular flexibility index (Phi) is 6.12. The maximum absolute atomic E-state index is 12.4. The van der Waals surface area contributed by atoms with Crippen LogP contribution in [-0.4, -0.2) is 19.1 Å². The van der Waals surface area contributed by atoms with E-state index in [1.54, 1.807) is 6.92 Å². The van der Waals surface area contributed by atoms with Gasteiger partial charge in [0, 0.05) is 12.1 Å². The number of ether oxygens (including phenoxy) is 2. The summed E-state index contributed by atoms with van der Waals surface area (Å²) in [4.78, 5) is 12.3. The third-order valence-electron chi connectivity index (χ3n) is 3.42. The lowest BCUT2D eigenvalue weighted by Gasteiger charge is -2.13. The maximum Gasteiger partial charge on any atom is 0.387 e. The molecule has 0 aliphatic carbocycles. The highest BCUT2D eigenvalue weighted by molar-refractivity contribution is 5.94. The average Bonchev–Trinajstić information content (AvgIpc) is 2.55. The number of aryl methyl sites for hydroxylation is 1.